The molecule has 0 saturated carbocycles. The van der Waals surface area contributed by atoms with E-state index >= 15 is 0 Å². The molecule has 0 aliphatic carbocycles. The van der Waals surface area contributed by atoms with Crippen molar-refractivity contribution in [3.8, 4) is 0 Å². The Morgan fingerprint density at radius 3 is 2.56 bits per heavy atom. The second kappa shape index (κ2) is 6.35. The van der Waals surface area contributed by atoms with Gasteiger partial charge in [-0.05, 0) is 31.9 Å². The standard InChI is InChI=1S/C13H22N4O/c1-9(2)8-17(10(3)4)13(18)11-6-5-7-12(15-11)16-14/h5-7,9-10H,8,14H2,1-4H3,(H,15,16). The van der Waals surface area contributed by atoms with Gasteiger partial charge in [0.15, 0.2) is 0 Å². The summed E-state index contributed by atoms with van der Waals surface area (Å²) in [6.07, 6.45) is 0. The Kier molecular flexibility index (Phi) is 5.09. The SMILES string of the molecule is CC(C)CN(C(=O)c1cccc(NN)n1)C(C)C. The van der Waals surface area contributed by atoms with E-state index in [0.29, 0.717) is 17.4 Å². The number of hydrogen-bond acceptors (Lipinski definition) is 4. The highest BCUT2D eigenvalue weighted by molar-refractivity contribution is 5.92. The molecule has 0 bridgehead atoms. The van der Waals surface area contributed by atoms with Gasteiger partial charge in [-0.1, -0.05) is 19.9 Å². The van der Waals surface area contributed by atoms with Gasteiger partial charge in [0.25, 0.3) is 5.91 Å². The summed E-state index contributed by atoms with van der Waals surface area (Å²) in [5.74, 6) is 6.16. The molecule has 0 radical (unpaired) electrons. The summed E-state index contributed by atoms with van der Waals surface area (Å²) < 4.78 is 0. The number of anilines is 1. The molecule has 0 saturated heterocycles. The molecule has 0 spiro atoms. The molecule has 1 rings (SSSR count). The van der Waals surface area contributed by atoms with Gasteiger partial charge in [0.2, 0.25) is 0 Å². The third kappa shape index (κ3) is 3.70. The Balaban J connectivity index is 2.94. The summed E-state index contributed by atoms with van der Waals surface area (Å²) in [5.41, 5.74) is 2.87. The summed E-state index contributed by atoms with van der Waals surface area (Å²) in [6.45, 7) is 8.91. The molecule has 5 heteroatoms. The quantitative estimate of drug-likeness (QED) is 0.618. The Morgan fingerprint density at radius 2 is 2.06 bits per heavy atom. The van der Waals surface area contributed by atoms with Crippen molar-refractivity contribution in [2.45, 2.75) is 33.7 Å². The predicted molar refractivity (Wildman–Crippen MR) is 73.1 cm³/mol. The highest BCUT2D eigenvalue weighted by Gasteiger charge is 2.20. The first kappa shape index (κ1) is 14.4. The number of nitrogen functional groups attached to an aromatic ring is 1. The highest BCUT2D eigenvalue weighted by atomic mass is 16.2. The maximum absolute atomic E-state index is 12.4. The average Bonchev–Trinajstić information content (AvgIpc) is 2.34. The molecule has 1 aromatic heterocycles. The second-order valence-electron chi connectivity index (χ2n) is 5.00. The Labute approximate surface area is 108 Å². The van der Waals surface area contributed by atoms with Crippen LogP contribution in [0.5, 0.6) is 0 Å². The van der Waals surface area contributed by atoms with E-state index < -0.39 is 0 Å². The second-order valence-corrected chi connectivity index (χ2v) is 5.00. The fourth-order valence-corrected chi connectivity index (χ4v) is 1.70. The Morgan fingerprint density at radius 1 is 1.39 bits per heavy atom. The van der Waals surface area contributed by atoms with Gasteiger partial charge in [-0.15, -0.1) is 0 Å². The van der Waals surface area contributed by atoms with Crippen LogP contribution in [0.3, 0.4) is 0 Å². The smallest absolute Gasteiger partial charge is 0.272 e. The molecule has 1 aromatic rings. The van der Waals surface area contributed by atoms with Crippen LogP contribution in [0.25, 0.3) is 0 Å². The molecule has 0 fully saturated rings. The third-order valence-corrected chi connectivity index (χ3v) is 2.56. The number of nitrogens with two attached hydrogens (primary N) is 1. The summed E-state index contributed by atoms with van der Waals surface area (Å²) >= 11 is 0. The van der Waals surface area contributed by atoms with E-state index in [1.807, 2.05) is 18.7 Å². The van der Waals surface area contributed by atoms with Crippen LogP contribution in [0.1, 0.15) is 38.2 Å². The normalized spacial score (nSPS) is 10.8. The summed E-state index contributed by atoms with van der Waals surface area (Å²) in [7, 11) is 0. The number of pyridine rings is 1. The Hall–Kier alpha value is -1.62. The van der Waals surface area contributed by atoms with Crippen LogP contribution in [0.2, 0.25) is 0 Å². The van der Waals surface area contributed by atoms with E-state index in [1.165, 1.54) is 0 Å². The maximum atomic E-state index is 12.4. The lowest BCUT2D eigenvalue weighted by atomic mass is 10.1. The Bertz CT molecular complexity index is 404. The number of hydrazine groups is 1. The summed E-state index contributed by atoms with van der Waals surface area (Å²) in [5, 5.41) is 0. The lowest BCUT2D eigenvalue weighted by Crippen LogP contribution is -2.40. The van der Waals surface area contributed by atoms with Gasteiger partial charge in [-0.3, -0.25) is 4.79 Å². The van der Waals surface area contributed by atoms with E-state index in [2.05, 4.69) is 24.3 Å². The van der Waals surface area contributed by atoms with Crippen molar-refractivity contribution in [3.63, 3.8) is 0 Å². The minimum atomic E-state index is -0.0594. The lowest BCUT2D eigenvalue weighted by Gasteiger charge is -2.28. The molecule has 0 unspecified atom stereocenters. The monoisotopic (exact) mass is 250 g/mol. The number of carbonyl (C=O) groups is 1. The topological polar surface area (TPSA) is 71.2 Å². The molecular weight excluding hydrogens is 228 g/mol. The van der Waals surface area contributed by atoms with Crippen LogP contribution in [-0.2, 0) is 0 Å². The van der Waals surface area contributed by atoms with Crippen molar-refractivity contribution in [1.82, 2.24) is 9.88 Å². The van der Waals surface area contributed by atoms with Crippen LogP contribution in [0.4, 0.5) is 5.82 Å². The number of amides is 1. The van der Waals surface area contributed by atoms with E-state index in [0.717, 1.165) is 6.54 Å². The van der Waals surface area contributed by atoms with Crippen LogP contribution >= 0.6 is 0 Å². The van der Waals surface area contributed by atoms with Gasteiger partial charge in [-0.2, -0.15) is 0 Å². The molecule has 1 amide bonds. The zero-order valence-corrected chi connectivity index (χ0v) is 11.5. The molecule has 0 atom stereocenters. The van der Waals surface area contributed by atoms with Crippen molar-refractivity contribution < 1.29 is 4.79 Å². The zero-order valence-electron chi connectivity index (χ0n) is 11.5. The first-order chi connectivity index (χ1) is 8.45. The van der Waals surface area contributed by atoms with Gasteiger partial charge >= 0.3 is 0 Å². The number of nitrogens with zero attached hydrogens (tertiary/aromatic N) is 2. The molecule has 100 valence electrons. The minimum absolute atomic E-state index is 0.0594. The van der Waals surface area contributed by atoms with Gasteiger partial charge in [0.05, 0.1) is 0 Å². The highest BCUT2D eigenvalue weighted by Crippen LogP contribution is 2.11. The fraction of sp³-hybridized carbons (Fsp3) is 0.538. The van der Waals surface area contributed by atoms with Gasteiger partial charge in [-0.25, -0.2) is 10.8 Å². The van der Waals surface area contributed by atoms with Crippen LogP contribution in [-0.4, -0.2) is 28.4 Å². The fourth-order valence-electron chi connectivity index (χ4n) is 1.70. The number of aromatic nitrogens is 1. The number of nitrogens with one attached hydrogen (secondary N) is 1. The molecule has 0 aliphatic heterocycles. The maximum Gasteiger partial charge on any atom is 0.272 e. The predicted octanol–water partition coefficient (Wildman–Crippen LogP) is 1.87. The molecule has 18 heavy (non-hydrogen) atoms. The zero-order chi connectivity index (χ0) is 13.7. The molecule has 1 heterocycles. The average molecular weight is 250 g/mol. The largest absolute Gasteiger partial charge is 0.335 e. The van der Waals surface area contributed by atoms with Gasteiger partial charge < -0.3 is 10.3 Å². The van der Waals surface area contributed by atoms with Crippen LogP contribution < -0.4 is 11.3 Å². The summed E-state index contributed by atoms with van der Waals surface area (Å²) in [6, 6.07) is 5.34. The first-order valence-corrected chi connectivity index (χ1v) is 6.20. The third-order valence-electron chi connectivity index (χ3n) is 2.56. The molecule has 3 N–H and O–H groups in total. The first-order valence-electron chi connectivity index (χ1n) is 6.20. The van der Waals surface area contributed by atoms with E-state index in [-0.39, 0.29) is 11.9 Å². The number of carbonyl (C=O) groups excluding carboxylic acids is 1. The van der Waals surface area contributed by atoms with Crippen molar-refractivity contribution in [2.75, 3.05) is 12.0 Å². The van der Waals surface area contributed by atoms with E-state index in [9.17, 15) is 4.79 Å². The molecule has 0 aromatic carbocycles. The summed E-state index contributed by atoms with van der Waals surface area (Å²) in [4.78, 5) is 18.4. The molecule has 0 aliphatic rings. The number of rotatable bonds is 5. The lowest BCUT2D eigenvalue weighted by molar-refractivity contribution is 0.0676. The molecule has 5 nitrogen and oxygen atoms in total. The van der Waals surface area contributed by atoms with E-state index in [1.54, 1.807) is 18.2 Å². The molecular formula is C13H22N4O. The number of hydrogen-bond donors (Lipinski definition) is 2. The van der Waals surface area contributed by atoms with Gasteiger partial charge in [0.1, 0.15) is 11.5 Å². The van der Waals surface area contributed by atoms with E-state index in [4.69, 9.17) is 5.84 Å². The van der Waals surface area contributed by atoms with Crippen LogP contribution in [0, 0.1) is 5.92 Å². The minimum Gasteiger partial charge on any atom is -0.335 e. The van der Waals surface area contributed by atoms with Crippen molar-refractivity contribution in [1.29, 1.82) is 0 Å². The van der Waals surface area contributed by atoms with Crippen LogP contribution in [0.15, 0.2) is 18.2 Å². The van der Waals surface area contributed by atoms with Gasteiger partial charge in [0, 0.05) is 12.6 Å². The van der Waals surface area contributed by atoms with Crippen molar-refractivity contribution in [2.24, 2.45) is 11.8 Å². The van der Waals surface area contributed by atoms with Crippen molar-refractivity contribution >= 4 is 11.7 Å². The van der Waals surface area contributed by atoms with Crippen molar-refractivity contribution in [3.05, 3.63) is 23.9 Å².